The van der Waals surface area contributed by atoms with Gasteiger partial charge in [0.25, 0.3) is 5.56 Å². The number of nitro groups is 1. The number of aromatic nitrogens is 2. The zero-order valence-corrected chi connectivity index (χ0v) is 22.9. The second kappa shape index (κ2) is 10.6. The Balaban J connectivity index is 1.32. The van der Waals surface area contributed by atoms with Gasteiger partial charge >= 0.3 is 5.69 Å². The zero-order chi connectivity index (χ0) is 29.5. The highest BCUT2D eigenvalue weighted by Gasteiger charge is 2.21. The van der Waals surface area contributed by atoms with Crippen LogP contribution in [0.5, 0.6) is 17.2 Å². The van der Waals surface area contributed by atoms with E-state index in [1.807, 2.05) is 0 Å². The SMILES string of the molecule is O=c1c2ccccc2nc(-c2cc3cc(Cl)ccc3o2)n1N=Cc1cccc([N+](=O)[O-])c1OCc1ccc2c(c1)OCO2. The summed E-state index contributed by atoms with van der Waals surface area (Å²) in [5.41, 5.74) is 1.28. The number of benzene rings is 4. The topological polar surface area (TPSA) is 131 Å². The van der Waals surface area contributed by atoms with Crippen LogP contribution in [0.2, 0.25) is 5.02 Å². The fraction of sp³-hybridized carbons (Fsp3) is 0.0645. The van der Waals surface area contributed by atoms with Crippen LogP contribution in [0.3, 0.4) is 0 Å². The standard InChI is InChI=1S/C31H19ClN4O7/c32-21-9-11-25-20(13-21)14-28(43-25)30-34-23-6-2-1-5-22(23)31(37)35(30)33-15-19-4-3-7-24(36(38)39)29(19)40-16-18-8-10-26-27(12-18)42-17-41-26/h1-15H,16-17H2. The van der Waals surface area contributed by atoms with E-state index < -0.39 is 10.5 Å². The van der Waals surface area contributed by atoms with Gasteiger partial charge in [0.15, 0.2) is 17.3 Å². The molecule has 4 aromatic carbocycles. The first-order valence-electron chi connectivity index (χ1n) is 13.0. The van der Waals surface area contributed by atoms with Crippen molar-refractivity contribution in [2.24, 2.45) is 5.10 Å². The van der Waals surface area contributed by atoms with Gasteiger partial charge in [-0.2, -0.15) is 9.78 Å². The van der Waals surface area contributed by atoms with E-state index in [4.69, 9.17) is 30.2 Å². The highest BCUT2D eigenvalue weighted by molar-refractivity contribution is 6.31. The Kier molecular flexibility index (Phi) is 6.48. The summed E-state index contributed by atoms with van der Waals surface area (Å²) < 4.78 is 23.8. The molecule has 0 radical (unpaired) electrons. The van der Waals surface area contributed by atoms with Gasteiger partial charge in [-0.25, -0.2) is 4.98 Å². The summed E-state index contributed by atoms with van der Waals surface area (Å²) in [7, 11) is 0. The van der Waals surface area contributed by atoms with Crippen LogP contribution in [0.1, 0.15) is 11.1 Å². The normalized spacial score (nSPS) is 12.4. The number of nitrogens with zero attached hydrogens (tertiary/aromatic N) is 4. The highest BCUT2D eigenvalue weighted by Crippen LogP contribution is 2.35. The molecule has 3 heterocycles. The molecule has 1 aliphatic heterocycles. The maximum atomic E-state index is 13.7. The van der Waals surface area contributed by atoms with Gasteiger partial charge in [-0.1, -0.05) is 35.9 Å². The third-order valence-corrected chi connectivity index (χ3v) is 7.04. The Hall–Kier alpha value is -5.68. The summed E-state index contributed by atoms with van der Waals surface area (Å²) in [4.78, 5) is 29.7. The van der Waals surface area contributed by atoms with Crippen molar-refractivity contribution in [2.75, 3.05) is 6.79 Å². The molecule has 1 aliphatic rings. The monoisotopic (exact) mass is 594 g/mol. The predicted octanol–water partition coefficient (Wildman–Crippen LogP) is 6.56. The largest absolute Gasteiger partial charge is 0.481 e. The van der Waals surface area contributed by atoms with E-state index >= 15 is 0 Å². The molecule has 0 fully saturated rings. The molecule has 0 unspecified atom stereocenters. The number of fused-ring (bicyclic) bond motifs is 3. The average molecular weight is 595 g/mol. The van der Waals surface area contributed by atoms with Crippen molar-refractivity contribution < 1.29 is 23.6 Å². The Morgan fingerprint density at radius 3 is 2.77 bits per heavy atom. The molecular weight excluding hydrogens is 576 g/mol. The number of hydrogen-bond acceptors (Lipinski definition) is 9. The first-order valence-corrected chi connectivity index (χ1v) is 13.4. The Labute approximate surface area is 247 Å². The minimum Gasteiger partial charge on any atom is -0.481 e. The van der Waals surface area contributed by atoms with Gasteiger partial charge < -0.3 is 18.6 Å². The summed E-state index contributed by atoms with van der Waals surface area (Å²) in [6.07, 6.45) is 1.32. The molecule has 0 saturated carbocycles. The Bertz CT molecular complexity index is 2150. The van der Waals surface area contributed by atoms with Crippen LogP contribution in [0, 0.1) is 10.1 Å². The Morgan fingerprint density at radius 2 is 1.88 bits per heavy atom. The van der Waals surface area contributed by atoms with Gasteiger partial charge in [-0.15, -0.1) is 0 Å². The number of halogens is 1. The van der Waals surface area contributed by atoms with Gasteiger partial charge in [0.2, 0.25) is 18.4 Å². The van der Waals surface area contributed by atoms with Crippen LogP contribution in [-0.2, 0) is 6.61 Å². The maximum Gasteiger partial charge on any atom is 0.311 e. The number of ether oxygens (including phenoxy) is 3. The molecule has 0 atom stereocenters. The molecule has 0 bridgehead atoms. The molecule has 0 N–H and O–H groups in total. The van der Waals surface area contributed by atoms with E-state index in [1.165, 1.54) is 18.3 Å². The molecule has 0 amide bonds. The van der Waals surface area contributed by atoms with Crippen LogP contribution in [0.25, 0.3) is 33.5 Å². The zero-order valence-electron chi connectivity index (χ0n) is 22.1. The number of furan rings is 1. The van der Waals surface area contributed by atoms with E-state index in [1.54, 1.807) is 72.8 Å². The Morgan fingerprint density at radius 1 is 1.02 bits per heavy atom. The molecule has 2 aromatic heterocycles. The molecule has 12 heteroatoms. The summed E-state index contributed by atoms with van der Waals surface area (Å²) in [6.45, 7) is 0.129. The van der Waals surface area contributed by atoms with Crippen molar-refractivity contribution in [3.8, 4) is 28.8 Å². The number of hydrogen-bond donors (Lipinski definition) is 0. The van der Waals surface area contributed by atoms with Crippen molar-refractivity contribution in [1.29, 1.82) is 0 Å². The second-order valence-electron chi connectivity index (χ2n) is 9.54. The van der Waals surface area contributed by atoms with Crippen molar-refractivity contribution in [1.82, 2.24) is 9.66 Å². The van der Waals surface area contributed by atoms with Gasteiger partial charge in [-0.3, -0.25) is 14.9 Å². The summed E-state index contributed by atoms with van der Waals surface area (Å²) in [5.74, 6) is 1.58. The van der Waals surface area contributed by atoms with Crippen LogP contribution >= 0.6 is 11.6 Å². The van der Waals surface area contributed by atoms with Gasteiger partial charge in [0.1, 0.15) is 12.2 Å². The molecule has 0 aliphatic carbocycles. The number of para-hydroxylation sites is 2. The first kappa shape index (κ1) is 26.2. The minimum atomic E-state index is -0.541. The van der Waals surface area contributed by atoms with E-state index in [0.29, 0.717) is 38.6 Å². The highest BCUT2D eigenvalue weighted by atomic mass is 35.5. The fourth-order valence-corrected chi connectivity index (χ4v) is 4.95. The molecule has 6 aromatic rings. The predicted molar refractivity (Wildman–Crippen MR) is 159 cm³/mol. The lowest BCUT2D eigenvalue weighted by molar-refractivity contribution is -0.385. The first-order chi connectivity index (χ1) is 20.9. The number of nitro benzene ring substituents is 1. The van der Waals surface area contributed by atoms with E-state index in [0.717, 1.165) is 10.1 Å². The second-order valence-corrected chi connectivity index (χ2v) is 9.97. The van der Waals surface area contributed by atoms with Crippen molar-refractivity contribution in [3.63, 3.8) is 0 Å². The molecule has 0 saturated heterocycles. The third-order valence-electron chi connectivity index (χ3n) is 6.81. The van der Waals surface area contributed by atoms with Gasteiger partial charge in [0.05, 0.1) is 22.0 Å². The van der Waals surface area contributed by atoms with Gasteiger partial charge in [0, 0.05) is 22.0 Å². The maximum absolute atomic E-state index is 13.7. The molecule has 43 heavy (non-hydrogen) atoms. The van der Waals surface area contributed by atoms with E-state index in [-0.39, 0.29) is 42.0 Å². The van der Waals surface area contributed by atoms with Crippen molar-refractivity contribution in [3.05, 3.63) is 122 Å². The molecule has 7 rings (SSSR count). The van der Waals surface area contributed by atoms with Crippen LogP contribution < -0.4 is 19.8 Å². The molecule has 212 valence electrons. The van der Waals surface area contributed by atoms with Crippen LogP contribution in [-0.4, -0.2) is 27.6 Å². The van der Waals surface area contributed by atoms with E-state index in [2.05, 4.69) is 10.1 Å². The smallest absolute Gasteiger partial charge is 0.311 e. The molecule has 11 nitrogen and oxygen atoms in total. The summed E-state index contributed by atoms with van der Waals surface area (Å²) in [5, 5.41) is 17.9. The van der Waals surface area contributed by atoms with Gasteiger partial charge in [-0.05, 0) is 60.2 Å². The lowest BCUT2D eigenvalue weighted by Crippen LogP contribution is -2.20. The summed E-state index contributed by atoms with van der Waals surface area (Å²) >= 11 is 6.16. The van der Waals surface area contributed by atoms with Crippen molar-refractivity contribution in [2.45, 2.75) is 6.61 Å². The lowest BCUT2D eigenvalue weighted by atomic mass is 10.1. The molecule has 0 spiro atoms. The third kappa shape index (κ3) is 4.91. The fourth-order valence-electron chi connectivity index (χ4n) is 4.77. The quantitative estimate of drug-likeness (QED) is 0.115. The lowest BCUT2D eigenvalue weighted by Gasteiger charge is -2.11. The molecular formula is C31H19ClN4O7. The van der Waals surface area contributed by atoms with Crippen LogP contribution in [0.4, 0.5) is 5.69 Å². The van der Waals surface area contributed by atoms with Crippen molar-refractivity contribution >= 4 is 45.4 Å². The summed E-state index contributed by atoms with van der Waals surface area (Å²) in [6, 6.07) is 23.5. The van der Waals surface area contributed by atoms with Crippen LogP contribution in [0.15, 0.2) is 99.2 Å². The minimum absolute atomic E-state index is 0.00655. The average Bonchev–Trinajstić information content (AvgIpc) is 3.66. The number of rotatable bonds is 7. The van der Waals surface area contributed by atoms with E-state index in [9.17, 15) is 14.9 Å².